The van der Waals surface area contributed by atoms with Gasteiger partial charge >= 0.3 is 0 Å². The third kappa shape index (κ3) is 2.58. The molecule has 0 aromatic carbocycles. The molecule has 1 N–H and O–H groups in total. The van der Waals surface area contributed by atoms with Crippen molar-refractivity contribution >= 4 is 5.91 Å². The molecule has 1 unspecified atom stereocenters. The summed E-state index contributed by atoms with van der Waals surface area (Å²) in [5.41, 5.74) is 0.343. The van der Waals surface area contributed by atoms with Crippen LogP contribution in [0.3, 0.4) is 0 Å². The molecule has 1 atom stereocenters. The van der Waals surface area contributed by atoms with Gasteiger partial charge in [0.2, 0.25) is 0 Å². The largest absolute Gasteiger partial charge is 0.361 e. The average Bonchev–Trinajstić information content (AvgIpc) is 2.51. The third-order valence-electron chi connectivity index (χ3n) is 2.22. The molecular weight excluding hydrogens is 180 g/mol. The van der Waals surface area contributed by atoms with Gasteiger partial charge in [-0.2, -0.15) is 0 Å². The topological polar surface area (TPSA) is 55.1 Å². The molecule has 0 aliphatic rings. The Bertz CT molecular complexity index is 318. The van der Waals surface area contributed by atoms with Gasteiger partial charge < -0.3 is 9.84 Å². The van der Waals surface area contributed by atoms with E-state index in [1.165, 1.54) is 0 Å². The maximum atomic E-state index is 11.5. The lowest BCUT2D eigenvalue weighted by molar-refractivity contribution is 0.0921. The van der Waals surface area contributed by atoms with E-state index in [4.69, 9.17) is 4.52 Å². The molecule has 1 amide bonds. The van der Waals surface area contributed by atoms with Crippen molar-refractivity contribution in [1.29, 1.82) is 0 Å². The van der Waals surface area contributed by atoms with Crippen LogP contribution in [0.5, 0.6) is 0 Å². The van der Waals surface area contributed by atoms with E-state index in [-0.39, 0.29) is 11.9 Å². The van der Waals surface area contributed by atoms with Crippen LogP contribution in [0.1, 0.15) is 37.0 Å². The van der Waals surface area contributed by atoms with Gasteiger partial charge in [0.05, 0.1) is 0 Å². The van der Waals surface area contributed by atoms with E-state index in [0.29, 0.717) is 17.4 Å². The van der Waals surface area contributed by atoms with Gasteiger partial charge in [0.15, 0.2) is 5.69 Å². The highest BCUT2D eigenvalue weighted by molar-refractivity contribution is 5.92. The minimum atomic E-state index is -0.178. The lowest BCUT2D eigenvalue weighted by atomic mass is 10.1. The molecular formula is C10H16N2O2. The van der Waals surface area contributed by atoms with Gasteiger partial charge in [-0.1, -0.05) is 19.0 Å². The molecule has 0 aliphatic heterocycles. The Kier molecular flexibility index (Phi) is 3.28. The monoisotopic (exact) mass is 196 g/mol. The van der Waals surface area contributed by atoms with E-state index in [0.717, 1.165) is 0 Å². The zero-order valence-corrected chi connectivity index (χ0v) is 9.00. The number of hydrogen-bond donors (Lipinski definition) is 1. The van der Waals surface area contributed by atoms with E-state index < -0.39 is 0 Å². The number of aromatic nitrogens is 1. The molecule has 78 valence electrons. The zero-order valence-electron chi connectivity index (χ0n) is 9.00. The van der Waals surface area contributed by atoms with Crippen LogP contribution in [0.15, 0.2) is 10.6 Å². The fourth-order valence-electron chi connectivity index (χ4n) is 0.921. The summed E-state index contributed by atoms with van der Waals surface area (Å²) in [5.74, 6) is 0.877. The fraction of sp³-hybridized carbons (Fsp3) is 0.600. The van der Waals surface area contributed by atoms with Crippen LogP contribution in [-0.2, 0) is 0 Å². The first-order valence-corrected chi connectivity index (χ1v) is 4.75. The maximum absolute atomic E-state index is 11.5. The van der Waals surface area contributed by atoms with E-state index in [1.807, 2.05) is 6.92 Å². The van der Waals surface area contributed by atoms with Crippen molar-refractivity contribution in [2.24, 2.45) is 5.92 Å². The van der Waals surface area contributed by atoms with Gasteiger partial charge in [0.25, 0.3) is 5.91 Å². The quantitative estimate of drug-likeness (QED) is 0.801. The number of nitrogens with zero attached hydrogens (tertiary/aromatic N) is 1. The second-order valence-corrected chi connectivity index (χ2v) is 3.83. The molecule has 0 fully saturated rings. The summed E-state index contributed by atoms with van der Waals surface area (Å²) >= 11 is 0. The van der Waals surface area contributed by atoms with E-state index in [2.05, 4.69) is 24.3 Å². The lowest BCUT2D eigenvalue weighted by Gasteiger charge is -2.16. The van der Waals surface area contributed by atoms with Crippen molar-refractivity contribution in [1.82, 2.24) is 10.5 Å². The van der Waals surface area contributed by atoms with E-state index >= 15 is 0 Å². The smallest absolute Gasteiger partial charge is 0.273 e. The fourth-order valence-corrected chi connectivity index (χ4v) is 0.921. The first-order chi connectivity index (χ1) is 6.50. The Hall–Kier alpha value is -1.32. The zero-order chi connectivity index (χ0) is 10.7. The Morgan fingerprint density at radius 2 is 2.14 bits per heavy atom. The van der Waals surface area contributed by atoms with Crippen molar-refractivity contribution in [3.8, 4) is 0 Å². The van der Waals surface area contributed by atoms with Crippen molar-refractivity contribution in [3.05, 3.63) is 17.5 Å². The highest BCUT2D eigenvalue weighted by Gasteiger charge is 2.15. The Morgan fingerprint density at radius 1 is 1.50 bits per heavy atom. The molecule has 14 heavy (non-hydrogen) atoms. The Morgan fingerprint density at radius 3 is 2.57 bits per heavy atom. The summed E-state index contributed by atoms with van der Waals surface area (Å²) in [6, 6.07) is 1.77. The predicted octanol–water partition coefficient (Wildman–Crippen LogP) is 1.76. The summed E-state index contributed by atoms with van der Waals surface area (Å²) in [6.45, 7) is 7.84. The molecule has 4 nitrogen and oxygen atoms in total. The average molecular weight is 196 g/mol. The number of carbonyl (C=O) groups is 1. The van der Waals surface area contributed by atoms with Crippen LogP contribution in [0.4, 0.5) is 0 Å². The first kappa shape index (κ1) is 10.8. The molecule has 0 saturated heterocycles. The highest BCUT2D eigenvalue weighted by atomic mass is 16.5. The van der Waals surface area contributed by atoms with E-state index in [1.54, 1.807) is 13.0 Å². The van der Waals surface area contributed by atoms with Crippen LogP contribution >= 0.6 is 0 Å². The molecule has 0 spiro atoms. The van der Waals surface area contributed by atoms with Gasteiger partial charge in [-0.05, 0) is 19.8 Å². The maximum Gasteiger partial charge on any atom is 0.273 e. The minimum Gasteiger partial charge on any atom is -0.361 e. The van der Waals surface area contributed by atoms with Crippen molar-refractivity contribution < 1.29 is 9.32 Å². The van der Waals surface area contributed by atoms with Crippen molar-refractivity contribution in [3.63, 3.8) is 0 Å². The Balaban J connectivity index is 2.59. The van der Waals surface area contributed by atoms with Crippen LogP contribution in [0.2, 0.25) is 0 Å². The molecule has 0 bridgehead atoms. The summed E-state index contributed by atoms with van der Waals surface area (Å²) in [5, 5.41) is 6.49. The second kappa shape index (κ2) is 4.26. The van der Waals surface area contributed by atoms with Gasteiger partial charge in [0, 0.05) is 12.1 Å². The predicted molar refractivity (Wildman–Crippen MR) is 53.0 cm³/mol. The number of carbonyl (C=O) groups excluding carboxylic acids is 1. The molecule has 0 aliphatic carbocycles. The summed E-state index contributed by atoms with van der Waals surface area (Å²) in [4.78, 5) is 11.5. The lowest BCUT2D eigenvalue weighted by Crippen LogP contribution is -2.36. The second-order valence-electron chi connectivity index (χ2n) is 3.83. The van der Waals surface area contributed by atoms with Gasteiger partial charge in [-0.15, -0.1) is 0 Å². The molecule has 1 rings (SSSR count). The first-order valence-electron chi connectivity index (χ1n) is 4.75. The molecule has 1 heterocycles. The standard InChI is InChI=1S/C10H16N2O2/c1-6(2)8(4)11-10(13)9-5-7(3)14-12-9/h5-6,8H,1-4H3,(H,11,13). The number of rotatable bonds is 3. The number of nitrogens with one attached hydrogen (secondary N) is 1. The van der Waals surface area contributed by atoms with Crippen molar-refractivity contribution in [2.75, 3.05) is 0 Å². The summed E-state index contributed by atoms with van der Waals surface area (Å²) in [6.07, 6.45) is 0. The summed E-state index contributed by atoms with van der Waals surface area (Å²) in [7, 11) is 0. The Labute approximate surface area is 83.7 Å². The number of hydrogen-bond acceptors (Lipinski definition) is 3. The number of amides is 1. The highest BCUT2D eigenvalue weighted by Crippen LogP contribution is 2.04. The van der Waals surface area contributed by atoms with Gasteiger partial charge in [-0.3, -0.25) is 4.79 Å². The molecule has 0 saturated carbocycles. The van der Waals surface area contributed by atoms with Crippen molar-refractivity contribution in [2.45, 2.75) is 33.7 Å². The van der Waals surface area contributed by atoms with Crippen LogP contribution in [0, 0.1) is 12.8 Å². The van der Waals surface area contributed by atoms with Crippen LogP contribution in [-0.4, -0.2) is 17.1 Å². The molecule has 1 aromatic rings. The number of aryl methyl sites for hydroxylation is 1. The molecule has 0 radical (unpaired) electrons. The normalized spacial score (nSPS) is 12.9. The van der Waals surface area contributed by atoms with E-state index in [9.17, 15) is 4.79 Å². The third-order valence-corrected chi connectivity index (χ3v) is 2.22. The van der Waals surface area contributed by atoms with Crippen LogP contribution in [0.25, 0.3) is 0 Å². The van der Waals surface area contributed by atoms with Gasteiger partial charge in [-0.25, -0.2) is 0 Å². The summed E-state index contributed by atoms with van der Waals surface area (Å²) < 4.78 is 4.82. The molecule has 4 heteroatoms. The van der Waals surface area contributed by atoms with Crippen LogP contribution < -0.4 is 5.32 Å². The molecule has 1 aromatic heterocycles. The SMILES string of the molecule is Cc1cc(C(=O)NC(C)C(C)C)no1. The van der Waals surface area contributed by atoms with Gasteiger partial charge in [0.1, 0.15) is 5.76 Å². The minimum absolute atomic E-state index is 0.138.